The third-order valence-electron chi connectivity index (χ3n) is 2.42. The Morgan fingerprint density at radius 1 is 1.31 bits per heavy atom. The number of rotatable bonds is 2. The lowest BCUT2D eigenvalue weighted by Crippen LogP contribution is -2.15. The summed E-state index contributed by atoms with van der Waals surface area (Å²) in [4.78, 5) is 4.34. The predicted octanol–water partition coefficient (Wildman–Crippen LogP) is 3.20. The maximum Gasteiger partial charge on any atom is 0.127 e. The van der Waals surface area contributed by atoms with E-state index in [0.717, 1.165) is 10.4 Å². The smallest absolute Gasteiger partial charge is 0.127 e. The van der Waals surface area contributed by atoms with Gasteiger partial charge in [-0.15, -0.1) is 0 Å². The second kappa shape index (κ2) is 4.09. The van der Waals surface area contributed by atoms with Crippen LogP contribution in [0.15, 0.2) is 22.8 Å². The topological polar surface area (TPSA) is 24.9 Å². The zero-order valence-corrected chi connectivity index (χ0v) is 9.05. The number of hydrogen-bond donors (Lipinski definition) is 1. The number of nitrogens with one attached hydrogen (secondary N) is 1. The monoisotopic (exact) mass is 240 g/mol. The van der Waals surface area contributed by atoms with Crippen molar-refractivity contribution in [3.05, 3.63) is 22.8 Å². The van der Waals surface area contributed by atoms with E-state index in [1.54, 1.807) is 0 Å². The van der Waals surface area contributed by atoms with Crippen molar-refractivity contribution in [1.82, 2.24) is 4.98 Å². The molecule has 1 aromatic rings. The molecule has 0 unspecified atom stereocenters. The van der Waals surface area contributed by atoms with E-state index < -0.39 is 0 Å². The van der Waals surface area contributed by atoms with Gasteiger partial charge in [-0.25, -0.2) is 4.98 Å². The van der Waals surface area contributed by atoms with Crippen molar-refractivity contribution in [2.24, 2.45) is 0 Å². The van der Waals surface area contributed by atoms with Gasteiger partial charge < -0.3 is 5.32 Å². The van der Waals surface area contributed by atoms with Gasteiger partial charge in [0.05, 0.1) is 0 Å². The summed E-state index contributed by atoms with van der Waals surface area (Å²) < 4.78 is 0.899. The molecule has 0 aliphatic heterocycles. The molecular weight excluding hydrogens is 228 g/mol. The summed E-state index contributed by atoms with van der Waals surface area (Å²) in [5, 5.41) is 3.44. The standard InChI is InChI=1S/C10H13BrN2/c11-9-6-3-7-10(13-9)12-8-4-1-2-5-8/h3,6-8H,1-2,4-5H2,(H,12,13). The van der Waals surface area contributed by atoms with Crippen LogP contribution in [0.5, 0.6) is 0 Å². The maximum absolute atomic E-state index is 4.34. The summed E-state index contributed by atoms with van der Waals surface area (Å²) in [6, 6.07) is 6.61. The van der Waals surface area contributed by atoms with Crippen LogP contribution in [0.25, 0.3) is 0 Å². The van der Waals surface area contributed by atoms with Gasteiger partial charge in [0.25, 0.3) is 0 Å². The highest BCUT2D eigenvalue weighted by Crippen LogP contribution is 2.21. The number of halogens is 1. The van der Waals surface area contributed by atoms with E-state index in [9.17, 15) is 0 Å². The minimum Gasteiger partial charge on any atom is -0.367 e. The van der Waals surface area contributed by atoms with Crippen LogP contribution in [0, 0.1) is 0 Å². The van der Waals surface area contributed by atoms with Gasteiger partial charge in [-0.05, 0) is 40.9 Å². The van der Waals surface area contributed by atoms with Crippen LogP contribution < -0.4 is 5.32 Å². The molecule has 1 fully saturated rings. The molecule has 3 heteroatoms. The molecule has 0 amide bonds. The van der Waals surface area contributed by atoms with E-state index in [1.807, 2.05) is 18.2 Å². The molecule has 70 valence electrons. The first-order valence-corrected chi connectivity index (χ1v) is 5.53. The first-order chi connectivity index (χ1) is 6.34. The molecule has 0 saturated heterocycles. The fourth-order valence-corrected chi connectivity index (χ4v) is 2.11. The number of anilines is 1. The van der Waals surface area contributed by atoms with Crippen molar-refractivity contribution in [2.75, 3.05) is 5.32 Å². The SMILES string of the molecule is Brc1cccc(NC2CCCC2)n1. The van der Waals surface area contributed by atoms with E-state index in [-0.39, 0.29) is 0 Å². The van der Waals surface area contributed by atoms with Crippen molar-refractivity contribution < 1.29 is 0 Å². The molecule has 1 saturated carbocycles. The Kier molecular flexibility index (Phi) is 2.83. The molecule has 0 aromatic carbocycles. The molecule has 1 aromatic heterocycles. The second-order valence-electron chi connectivity index (χ2n) is 3.47. The van der Waals surface area contributed by atoms with Gasteiger partial charge >= 0.3 is 0 Å². The largest absolute Gasteiger partial charge is 0.367 e. The first-order valence-electron chi connectivity index (χ1n) is 4.74. The van der Waals surface area contributed by atoms with Gasteiger partial charge in [-0.3, -0.25) is 0 Å². The zero-order valence-electron chi connectivity index (χ0n) is 7.46. The average Bonchev–Trinajstić information content (AvgIpc) is 2.57. The van der Waals surface area contributed by atoms with E-state index >= 15 is 0 Å². The highest BCUT2D eigenvalue weighted by Gasteiger charge is 2.14. The van der Waals surface area contributed by atoms with Crippen LogP contribution in [0.2, 0.25) is 0 Å². The van der Waals surface area contributed by atoms with Crippen molar-refractivity contribution in [3.63, 3.8) is 0 Å². The van der Waals surface area contributed by atoms with Crippen molar-refractivity contribution in [1.29, 1.82) is 0 Å². The first kappa shape index (κ1) is 9.00. The molecule has 1 N–H and O–H groups in total. The van der Waals surface area contributed by atoms with Gasteiger partial charge in [0.1, 0.15) is 10.4 Å². The number of hydrogen-bond acceptors (Lipinski definition) is 2. The van der Waals surface area contributed by atoms with Crippen LogP contribution in [0.1, 0.15) is 25.7 Å². The van der Waals surface area contributed by atoms with Crippen LogP contribution in [0.4, 0.5) is 5.82 Å². The molecule has 1 aliphatic rings. The summed E-state index contributed by atoms with van der Waals surface area (Å²) in [6.45, 7) is 0. The van der Waals surface area contributed by atoms with Crippen LogP contribution in [-0.2, 0) is 0 Å². The zero-order chi connectivity index (χ0) is 9.10. The lowest BCUT2D eigenvalue weighted by atomic mass is 10.2. The Morgan fingerprint density at radius 3 is 2.77 bits per heavy atom. The molecule has 2 nitrogen and oxygen atoms in total. The van der Waals surface area contributed by atoms with Gasteiger partial charge in [0.2, 0.25) is 0 Å². The summed E-state index contributed by atoms with van der Waals surface area (Å²) in [5.41, 5.74) is 0. The average molecular weight is 241 g/mol. The summed E-state index contributed by atoms with van der Waals surface area (Å²) in [7, 11) is 0. The molecule has 1 heterocycles. The summed E-state index contributed by atoms with van der Waals surface area (Å²) >= 11 is 3.36. The fourth-order valence-electron chi connectivity index (χ4n) is 1.77. The Hall–Kier alpha value is -0.570. The molecule has 0 spiro atoms. The van der Waals surface area contributed by atoms with Crippen molar-refractivity contribution >= 4 is 21.7 Å². The maximum atomic E-state index is 4.34. The predicted molar refractivity (Wildman–Crippen MR) is 57.8 cm³/mol. The lowest BCUT2D eigenvalue weighted by molar-refractivity contribution is 0.750. The Labute approximate surface area is 86.9 Å². The van der Waals surface area contributed by atoms with E-state index in [4.69, 9.17) is 0 Å². The minimum absolute atomic E-state index is 0.641. The fraction of sp³-hybridized carbons (Fsp3) is 0.500. The van der Waals surface area contributed by atoms with Gasteiger partial charge in [-0.2, -0.15) is 0 Å². The molecule has 1 aliphatic carbocycles. The highest BCUT2D eigenvalue weighted by molar-refractivity contribution is 9.10. The van der Waals surface area contributed by atoms with E-state index in [1.165, 1.54) is 25.7 Å². The Bertz CT molecular complexity index is 282. The second-order valence-corrected chi connectivity index (χ2v) is 4.28. The lowest BCUT2D eigenvalue weighted by Gasteiger charge is -2.12. The van der Waals surface area contributed by atoms with Crippen molar-refractivity contribution in [3.8, 4) is 0 Å². The number of pyridine rings is 1. The number of aromatic nitrogens is 1. The van der Waals surface area contributed by atoms with E-state index in [2.05, 4.69) is 26.2 Å². The molecule has 0 radical (unpaired) electrons. The van der Waals surface area contributed by atoms with Gasteiger partial charge in [-0.1, -0.05) is 18.9 Å². The van der Waals surface area contributed by atoms with Crippen LogP contribution >= 0.6 is 15.9 Å². The third-order valence-corrected chi connectivity index (χ3v) is 2.86. The normalized spacial score (nSPS) is 17.6. The van der Waals surface area contributed by atoms with Crippen LogP contribution in [-0.4, -0.2) is 11.0 Å². The third kappa shape index (κ3) is 2.44. The molecule has 0 atom stereocenters. The molecule has 2 rings (SSSR count). The quantitative estimate of drug-likeness (QED) is 0.804. The number of nitrogens with zero attached hydrogens (tertiary/aromatic N) is 1. The summed E-state index contributed by atoms with van der Waals surface area (Å²) in [5.74, 6) is 0.987. The van der Waals surface area contributed by atoms with Crippen molar-refractivity contribution in [2.45, 2.75) is 31.7 Å². The highest BCUT2D eigenvalue weighted by atomic mass is 79.9. The Morgan fingerprint density at radius 2 is 2.08 bits per heavy atom. The molecular formula is C10H13BrN2. The summed E-state index contributed by atoms with van der Waals surface area (Å²) in [6.07, 6.45) is 5.28. The van der Waals surface area contributed by atoms with Gasteiger partial charge in [0.15, 0.2) is 0 Å². The van der Waals surface area contributed by atoms with Crippen LogP contribution in [0.3, 0.4) is 0 Å². The molecule has 13 heavy (non-hydrogen) atoms. The minimum atomic E-state index is 0.641. The van der Waals surface area contributed by atoms with E-state index in [0.29, 0.717) is 6.04 Å². The van der Waals surface area contributed by atoms with Gasteiger partial charge in [0, 0.05) is 6.04 Å². The molecule has 0 bridgehead atoms. The Balaban J connectivity index is 2.00.